The van der Waals surface area contributed by atoms with E-state index in [0.717, 1.165) is 6.26 Å². The number of halogens is 1. The third-order valence-corrected chi connectivity index (χ3v) is 8.12. The summed E-state index contributed by atoms with van der Waals surface area (Å²) in [6.45, 7) is 0.434. The number of anilines is 1. The summed E-state index contributed by atoms with van der Waals surface area (Å²) in [5.41, 5.74) is 0.639. The lowest BCUT2D eigenvalue weighted by molar-refractivity contribution is -0.120. The van der Waals surface area contributed by atoms with Crippen molar-refractivity contribution in [3.63, 3.8) is 0 Å². The second-order valence-corrected chi connectivity index (χ2v) is 11.3. The average Bonchev–Trinajstić information content (AvgIpc) is 2.69. The first-order valence-corrected chi connectivity index (χ1v) is 12.6. The molecule has 2 aromatic rings. The van der Waals surface area contributed by atoms with E-state index in [4.69, 9.17) is 11.6 Å². The summed E-state index contributed by atoms with van der Waals surface area (Å²) in [4.78, 5) is 12.5. The predicted octanol–water partition coefficient (Wildman–Crippen LogP) is 2.78. The van der Waals surface area contributed by atoms with E-state index in [9.17, 15) is 21.6 Å². The van der Waals surface area contributed by atoms with Crippen LogP contribution in [0.2, 0.25) is 5.02 Å². The van der Waals surface area contributed by atoms with Crippen LogP contribution in [0.15, 0.2) is 58.3 Å². The minimum atomic E-state index is -3.74. The third-order valence-electron chi connectivity index (χ3n) is 4.83. The van der Waals surface area contributed by atoms with Gasteiger partial charge in [-0.3, -0.25) is 4.79 Å². The molecule has 0 aromatic heterocycles. The molecule has 2 aromatic carbocycles. The Hall–Kier alpha value is -1.94. The van der Waals surface area contributed by atoms with Gasteiger partial charge < -0.3 is 5.32 Å². The van der Waals surface area contributed by atoms with E-state index in [0.29, 0.717) is 23.6 Å². The maximum Gasteiger partial charge on any atom is 0.243 e. The molecule has 0 saturated carbocycles. The maximum atomic E-state index is 12.8. The number of piperidine rings is 1. The molecular weight excluding hydrogens is 436 g/mol. The molecule has 0 bridgehead atoms. The Balaban J connectivity index is 1.63. The number of sulfonamides is 1. The summed E-state index contributed by atoms with van der Waals surface area (Å²) in [5, 5.41) is 3.40. The second kappa shape index (κ2) is 8.43. The van der Waals surface area contributed by atoms with Gasteiger partial charge in [0.05, 0.1) is 9.79 Å². The van der Waals surface area contributed by atoms with Crippen LogP contribution in [0.25, 0.3) is 0 Å². The number of amides is 1. The highest BCUT2D eigenvalue weighted by atomic mass is 35.5. The fraction of sp³-hybridized carbons (Fsp3) is 0.316. The maximum absolute atomic E-state index is 12.8. The van der Waals surface area contributed by atoms with Crippen LogP contribution >= 0.6 is 11.6 Å². The van der Waals surface area contributed by atoms with Gasteiger partial charge in [0.1, 0.15) is 0 Å². The number of nitrogens with one attached hydrogen (secondary N) is 1. The normalized spacial score (nSPS) is 16.5. The van der Waals surface area contributed by atoms with E-state index < -0.39 is 19.9 Å². The van der Waals surface area contributed by atoms with E-state index in [1.54, 1.807) is 24.3 Å². The molecule has 3 rings (SSSR count). The standard InChI is InChI=1S/C19H21ClN2O5S2/c1-28(24,25)17-6-8-18(9-7-17)29(26,27)22-12-10-14(11-13-22)19(23)21-16-4-2-15(20)3-5-16/h2-9,14H,10-13H2,1H3,(H,21,23). The summed E-state index contributed by atoms with van der Waals surface area (Å²) in [5.74, 6) is -0.438. The van der Waals surface area contributed by atoms with Crippen molar-refractivity contribution in [2.24, 2.45) is 5.92 Å². The predicted molar refractivity (Wildman–Crippen MR) is 111 cm³/mol. The van der Waals surface area contributed by atoms with Gasteiger partial charge in [0.2, 0.25) is 15.9 Å². The molecule has 1 heterocycles. The molecule has 1 amide bonds. The van der Waals surface area contributed by atoms with Crippen LogP contribution in [-0.2, 0) is 24.7 Å². The summed E-state index contributed by atoms with van der Waals surface area (Å²) in [7, 11) is -7.14. The SMILES string of the molecule is CS(=O)(=O)c1ccc(S(=O)(=O)N2CCC(C(=O)Nc3ccc(Cl)cc3)CC2)cc1. The number of benzene rings is 2. The van der Waals surface area contributed by atoms with Crippen LogP contribution in [0, 0.1) is 5.92 Å². The topological polar surface area (TPSA) is 101 Å². The Labute approximate surface area is 175 Å². The molecule has 156 valence electrons. The van der Waals surface area contributed by atoms with Gasteiger partial charge in [-0.05, 0) is 61.4 Å². The fourth-order valence-electron chi connectivity index (χ4n) is 3.14. The minimum Gasteiger partial charge on any atom is -0.326 e. The number of carbonyl (C=O) groups excluding carboxylic acids is 1. The Morgan fingerprint density at radius 2 is 1.45 bits per heavy atom. The minimum absolute atomic E-state index is 0.0361. The van der Waals surface area contributed by atoms with Gasteiger partial charge in [-0.25, -0.2) is 16.8 Å². The molecule has 1 N–H and O–H groups in total. The molecule has 1 aliphatic heterocycles. The number of hydrogen-bond acceptors (Lipinski definition) is 5. The van der Waals surface area contributed by atoms with Gasteiger partial charge in [-0.15, -0.1) is 0 Å². The van der Waals surface area contributed by atoms with Crippen molar-refractivity contribution < 1.29 is 21.6 Å². The lowest BCUT2D eigenvalue weighted by atomic mass is 9.97. The van der Waals surface area contributed by atoms with Crippen LogP contribution in [0.5, 0.6) is 0 Å². The fourth-order valence-corrected chi connectivity index (χ4v) is 5.37. The average molecular weight is 457 g/mol. The van der Waals surface area contributed by atoms with Crippen molar-refractivity contribution in [2.75, 3.05) is 24.7 Å². The van der Waals surface area contributed by atoms with Gasteiger partial charge in [0, 0.05) is 36.0 Å². The molecule has 29 heavy (non-hydrogen) atoms. The zero-order chi connectivity index (χ0) is 21.2. The number of rotatable bonds is 5. The van der Waals surface area contributed by atoms with E-state index in [-0.39, 0.29) is 34.7 Å². The van der Waals surface area contributed by atoms with Gasteiger partial charge >= 0.3 is 0 Å². The van der Waals surface area contributed by atoms with Crippen molar-refractivity contribution in [3.8, 4) is 0 Å². The zero-order valence-corrected chi connectivity index (χ0v) is 18.1. The summed E-state index contributed by atoms with van der Waals surface area (Å²) < 4.78 is 50.0. The van der Waals surface area contributed by atoms with Crippen LogP contribution in [0.3, 0.4) is 0 Å². The van der Waals surface area contributed by atoms with E-state index >= 15 is 0 Å². The van der Waals surface area contributed by atoms with E-state index in [1.807, 2.05) is 0 Å². The highest BCUT2D eigenvalue weighted by Gasteiger charge is 2.32. The van der Waals surface area contributed by atoms with Gasteiger partial charge in [-0.2, -0.15) is 4.31 Å². The van der Waals surface area contributed by atoms with E-state index in [1.165, 1.54) is 28.6 Å². The molecule has 7 nitrogen and oxygen atoms in total. The van der Waals surface area contributed by atoms with Crippen LogP contribution < -0.4 is 5.32 Å². The largest absolute Gasteiger partial charge is 0.326 e. The van der Waals surface area contributed by atoms with Crippen LogP contribution in [0.1, 0.15) is 12.8 Å². The molecule has 0 unspecified atom stereocenters. The van der Waals surface area contributed by atoms with Crippen molar-refractivity contribution in [3.05, 3.63) is 53.6 Å². The third kappa shape index (κ3) is 5.16. The highest BCUT2D eigenvalue weighted by molar-refractivity contribution is 7.90. The Morgan fingerprint density at radius 1 is 0.931 bits per heavy atom. The van der Waals surface area contributed by atoms with E-state index in [2.05, 4.69) is 5.32 Å². The molecule has 0 radical (unpaired) electrons. The Bertz CT molecular complexity index is 1090. The molecule has 0 atom stereocenters. The quantitative estimate of drug-likeness (QED) is 0.745. The zero-order valence-electron chi connectivity index (χ0n) is 15.7. The monoisotopic (exact) mass is 456 g/mol. The van der Waals surface area contributed by atoms with Crippen LogP contribution in [-0.4, -0.2) is 46.4 Å². The second-order valence-electron chi connectivity index (χ2n) is 6.92. The van der Waals surface area contributed by atoms with Crippen molar-refractivity contribution in [2.45, 2.75) is 22.6 Å². The molecule has 0 spiro atoms. The smallest absolute Gasteiger partial charge is 0.243 e. The van der Waals surface area contributed by atoms with Crippen molar-refractivity contribution in [1.29, 1.82) is 0 Å². The molecule has 1 fully saturated rings. The molecule has 0 aliphatic carbocycles. The van der Waals surface area contributed by atoms with Crippen LogP contribution in [0.4, 0.5) is 5.69 Å². The first kappa shape index (κ1) is 21.8. The molecule has 1 aliphatic rings. The first-order valence-electron chi connectivity index (χ1n) is 8.94. The van der Waals surface area contributed by atoms with Crippen molar-refractivity contribution in [1.82, 2.24) is 4.31 Å². The number of sulfone groups is 1. The van der Waals surface area contributed by atoms with Gasteiger partial charge in [0.15, 0.2) is 9.84 Å². The highest BCUT2D eigenvalue weighted by Crippen LogP contribution is 2.26. The molecular formula is C19H21ClN2O5S2. The lowest BCUT2D eigenvalue weighted by Crippen LogP contribution is -2.41. The first-order chi connectivity index (χ1) is 13.6. The van der Waals surface area contributed by atoms with Gasteiger partial charge in [-0.1, -0.05) is 11.6 Å². The molecule has 1 saturated heterocycles. The molecule has 10 heteroatoms. The summed E-state index contributed by atoms with van der Waals surface area (Å²) in [6.07, 6.45) is 1.87. The van der Waals surface area contributed by atoms with Gasteiger partial charge in [0.25, 0.3) is 0 Å². The summed E-state index contributed by atoms with van der Waals surface area (Å²) >= 11 is 5.83. The van der Waals surface area contributed by atoms with Crippen molar-refractivity contribution >= 4 is 43.1 Å². The number of hydrogen-bond donors (Lipinski definition) is 1. The number of carbonyl (C=O) groups is 1. The summed E-state index contributed by atoms with van der Waals surface area (Å²) in [6, 6.07) is 11.9. The Morgan fingerprint density at radius 3 is 1.97 bits per heavy atom. The lowest BCUT2D eigenvalue weighted by Gasteiger charge is -2.30. The Kier molecular flexibility index (Phi) is 6.33. The number of nitrogens with zero attached hydrogens (tertiary/aromatic N) is 1.